The molecule has 28 heavy (non-hydrogen) atoms. The van der Waals surface area contributed by atoms with E-state index in [0.717, 1.165) is 0 Å². The Kier molecular flexibility index (Phi) is 4.94. The number of phenols is 1. The average Bonchev–Trinajstić information content (AvgIpc) is 2.62. The first-order valence-corrected chi connectivity index (χ1v) is 9.80. The molecule has 2 N–H and O–H groups in total. The fourth-order valence-electron chi connectivity index (χ4n) is 5.70. The van der Waals surface area contributed by atoms with Crippen molar-refractivity contribution in [3.05, 3.63) is 32.9 Å². The quantitative estimate of drug-likeness (QED) is 0.456. The predicted molar refractivity (Wildman–Crippen MR) is 103 cm³/mol. The number of aliphatic hydroxyl groups is 1. The average molecular weight is 391 g/mol. The maximum Gasteiger partial charge on any atom is 0.315 e. The van der Waals surface area contributed by atoms with Gasteiger partial charge in [-0.25, -0.2) is 0 Å². The molecule has 0 amide bonds. The van der Waals surface area contributed by atoms with Gasteiger partial charge in [0.1, 0.15) is 0 Å². The molecule has 7 nitrogen and oxygen atoms in total. The van der Waals surface area contributed by atoms with Crippen molar-refractivity contribution in [3.63, 3.8) is 0 Å². The van der Waals surface area contributed by atoms with Gasteiger partial charge in [0, 0.05) is 16.5 Å². The largest absolute Gasteiger partial charge is 0.502 e. The van der Waals surface area contributed by atoms with Crippen LogP contribution >= 0.6 is 0 Å². The fraction of sp³-hybridized carbons (Fsp3) is 0.667. The summed E-state index contributed by atoms with van der Waals surface area (Å²) in [5, 5.41) is 33.7. The van der Waals surface area contributed by atoms with Gasteiger partial charge in [0.05, 0.1) is 23.6 Å². The van der Waals surface area contributed by atoms with E-state index >= 15 is 0 Å². The minimum Gasteiger partial charge on any atom is -0.502 e. The molecule has 1 fully saturated rings. The number of nitrogens with zero attached hydrogens (tertiary/aromatic N) is 1. The lowest BCUT2D eigenvalue weighted by atomic mass is 9.49. The molecule has 0 spiro atoms. The number of hydrogen-bond acceptors (Lipinski definition) is 6. The Labute approximate surface area is 164 Å². The van der Waals surface area contributed by atoms with Gasteiger partial charge in [0.25, 0.3) is 0 Å². The Morgan fingerprint density at radius 2 is 2.00 bits per heavy atom. The molecule has 3 rings (SSSR count). The molecule has 4 atom stereocenters. The number of methoxy groups -OCH3 is 1. The molecular weight excluding hydrogens is 362 g/mol. The molecule has 0 aliphatic heterocycles. The normalized spacial score (nSPS) is 31.8. The molecule has 0 radical (unpaired) electrons. The second kappa shape index (κ2) is 6.72. The Balaban J connectivity index is 2.33. The summed E-state index contributed by atoms with van der Waals surface area (Å²) in [6, 6.07) is 1.71. The second-order valence-corrected chi connectivity index (χ2v) is 9.02. The van der Waals surface area contributed by atoms with Crippen LogP contribution in [0, 0.1) is 21.4 Å². The molecule has 0 aromatic heterocycles. The third-order valence-corrected chi connectivity index (χ3v) is 7.11. The summed E-state index contributed by atoms with van der Waals surface area (Å²) in [6.45, 7) is 7.44. The molecular formula is C21H29NO6. The summed E-state index contributed by atoms with van der Waals surface area (Å²) in [4.78, 5) is 24.1. The van der Waals surface area contributed by atoms with Crippen molar-refractivity contribution in [3.8, 4) is 5.75 Å². The highest BCUT2D eigenvalue weighted by molar-refractivity contribution is 5.78. The standard InChI is InChI=1S/C21H29NO6/c1-11(2)12-9-13-14(23)10-15-20(3,16(13)17(18(12)24)22(26)27)7-6-8-21(15,4)19(25)28-5/h9,11,14-15,23-24H,6-8,10H2,1-5H3. The van der Waals surface area contributed by atoms with Gasteiger partial charge in [-0.15, -0.1) is 0 Å². The van der Waals surface area contributed by atoms with Crippen LogP contribution in [0.4, 0.5) is 5.69 Å². The number of phenolic OH excluding ortho intramolecular Hbond substituents is 1. The number of carbonyl (C=O) groups is 1. The molecule has 1 aromatic carbocycles. The van der Waals surface area contributed by atoms with E-state index in [1.807, 2.05) is 27.7 Å². The highest BCUT2D eigenvalue weighted by Gasteiger charge is 2.59. The van der Waals surface area contributed by atoms with Crippen molar-refractivity contribution in [2.75, 3.05) is 7.11 Å². The number of aromatic hydroxyl groups is 1. The lowest BCUT2D eigenvalue weighted by Gasteiger charge is -2.54. The molecule has 1 aromatic rings. The molecule has 0 heterocycles. The number of aliphatic hydroxyl groups excluding tert-OH is 1. The Hall–Kier alpha value is -2.15. The van der Waals surface area contributed by atoms with E-state index in [1.165, 1.54) is 7.11 Å². The smallest absolute Gasteiger partial charge is 0.315 e. The number of benzene rings is 1. The fourth-order valence-corrected chi connectivity index (χ4v) is 5.70. The zero-order valence-corrected chi connectivity index (χ0v) is 17.1. The number of carbonyl (C=O) groups excluding carboxylic acids is 1. The third kappa shape index (κ3) is 2.70. The van der Waals surface area contributed by atoms with Gasteiger partial charge in [0.15, 0.2) is 5.75 Å². The maximum absolute atomic E-state index is 12.6. The zero-order chi connectivity index (χ0) is 21.0. The predicted octanol–water partition coefficient (Wildman–Crippen LogP) is 4.10. The first-order valence-electron chi connectivity index (χ1n) is 9.80. The Morgan fingerprint density at radius 1 is 1.36 bits per heavy atom. The van der Waals surface area contributed by atoms with E-state index in [0.29, 0.717) is 42.4 Å². The van der Waals surface area contributed by atoms with Gasteiger partial charge in [-0.1, -0.05) is 27.2 Å². The summed E-state index contributed by atoms with van der Waals surface area (Å²) in [6.07, 6.45) is 1.34. The van der Waals surface area contributed by atoms with Gasteiger partial charge < -0.3 is 14.9 Å². The van der Waals surface area contributed by atoms with E-state index in [-0.39, 0.29) is 29.2 Å². The molecule has 0 bridgehead atoms. The van der Waals surface area contributed by atoms with Gasteiger partial charge in [0.2, 0.25) is 0 Å². The summed E-state index contributed by atoms with van der Waals surface area (Å²) in [5.41, 5.74) is -0.565. The SMILES string of the molecule is COC(=O)C1(C)CCCC2(C)c3c(cc(C(C)C)c(O)c3[N+](=O)[O-])C(O)CC12. The van der Waals surface area contributed by atoms with Crippen LogP contribution in [0.15, 0.2) is 6.07 Å². The van der Waals surface area contributed by atoms with Crippen LogP contribution < -0.4 is 0 Å². The lowest BCUT2D eigenvalue weighted by Crippen LogP contribution is -2.53. The molecule has 1 saturated carbocycles. The van der Waals surface area contributed by atoms with E-state index in [9.17, 15) is 25.1 Å². The molecule has 2 aliphatic carbocycles. The van der Waals surface area contributed by atoms with Crippen molar-refractivity contribution in [2.45, 2.75) is 70.8 Å². The van der Waals surface area contributed by atoms with Gasteiger partial charge in [-0.3, -0.25) is 14.9 Å². The molecule has 0 saturated heterocycles. The van der Waals surface area contributed by atoms with Crippen molar-refractivity contribution in [1.29, 1.82) is 0 Å². The topological polar surface area (TPSA) is 110 Å². The highest BCUT2D eigenvalue weighted by Crippen LogP contribution is 2.62. The van der Waals surface area contributed by atoms with Crippen LogP contribution in [0.5, 0.6) is 5.75 Å². The molecule has 7 heteroatoms. The number of nitro benzene ring substituents is 1. The van der Waals surface area contributed by atoms with Crippen molar-refractivity contribution >= 4 is 11.7 Å². The first-order chi connectivity index (χ1) is 13.0. The first kappa shape index (κ1) is 20.6. The van der Waals surface area contributed by atoms with E-state index in [1.54, 1.807) is 6.07 Å². The maximum atomic E-state index is 12.6. The monoisotopic (exact) mass is 391 g/mol. The van der Waals surface area contributed by atoms with Crippen molar-refractivity contribution < 1.29 is 24.7 Å². The van der Waals surface area contributed by atoms with Crippen LogP contribution in [-0.2, 0) is 14.9 Å². The van der Waals surface area contributed by atoms with Crippen LogP contribution in [-0.4, -0.2) is 28.2 Å². The summed E-state index contributed by atoms with van der Waals surface area (Å²) < 4.78 is 5.06. The van der Waals surface area contributed by atoms with Crippen LogP contribution in [0.3, 0.4) is 0 Å². The Morgan fingerprint density at radius 3 is 2.54 bits per heavy atom. The number of rotatable bonds is 3. The zero-order valence-electron chi connectivity index (χ0n) is 17.1. The molecule has 2 aliphatic rings. The number of nitro groups is 1. The minimum atomic E-state index is -0.938. The molecule has 154 valence electrons. The van der Waals surface area contributed by atoms with Crippen LogP contribution in [0.2, 0.25) is 0 Å². The number of ether oxygens (including phenoxy) is 1. The second-order valence-electron chi connectivity index (χ2n) is 9.02. The summed E-state index contributed by atoms with van der Waals surface area (Å²) in [7, 11) is 1.34. The molecule has 4 unspecified atom stereocenters. The number of hydrogen-bond donors (Lipinski definition) is 2. The van der Waals surface area contributed by atoms with E-state index in [4.69, 9.17) is 4.74 Å². The van der Waals surface area contributed by atoms with Gasteiger partial charge in [-0.2, -0.15) is 0 Å². The van der Waals surface area contributed by atoms with Gasteiger partial charge >= 0.3 is 11.7 Å². The summed E-state index contributed by atoms with van der Waals surface area (Å²) in [5.74, 6) is -1.15. The summed E-state index contributed by atoms with van der Waals surface area (Å²) >= 11 is 0. The van der Waals surface area contributed by atoms with Crippen molar-refractivity contribution in [1.82, 2.24) is 0 Å². The van der Waals surface area contributed by atoms with E-state index < -0.39 is 21.9 Å². The Bertz CT molecular complexity index is 835. The number of esters is 1. The van der Waals surface area contributed by atoms with Crippen LogP contribution in [0.1, 0.15) is 82.1 Å². The van der Waals surface area contributed by atoms with Gasteiger partial charge in [-0.05, 0) is 49.7 Å². The number of fused-ring (bicyclic) bond motifs is 3. The lowest BCUT2D eigenvalue weighted by molar-refractivity contribution is -0.387. The van der Waals surface area contributed by atoms with E-state index in [2.05, 4.69) is 0 Å². The minimum absolute atomic E-state index is 0.131. The van der Waals surface area contributed by atoms with Crippen LogP contribution in [0.25, 0.3) is 0 Å². The third-order valence-electron chi connectivity index (χ3n) is 7.11. The highest BCUT2D eigenvalue weighted by atomic mass is 16.6. The van der Waals surface area contributed by atoms with Crippen molar-refractivity contribution in [2.24, 2.45) is 11.3 Å².